The van der Waals surface area contributed by atoms with E-state index in [1.54, 1.807) is 12.1 Å². The molecule has 104 valence electrons. The topological polar surface area (TPSA) is 47.6 Å². The van der Waals surface area contributed by atoms with Crippen LogP contribution in [0.3, 0.4) is 0 Å². The molecule has 0 atom stereocenters. The van der Waals surface area contributed by atoms with Gasteiger partial charge in [-0.25, -0.2) is 4.79 Å². The Morgan fingerprint density at radius 1 is 1.05 bits per heavy atom. The lowest BCUT2D eigenvalue weighted by molar-refractivity contribution is 0.0600. The lowest BCUT2D eigenvalue weighted by atomic mass is 10.1. The first-order valence-electron chi connectivity index (χ1n) is 6.31. The highest BCUT2D eigenvalue weighted by Crippen LogP contribution is 2.16. The van der Waals surface area contributed by atoms with Gasteiger partial charge in [-0.1, -0.05) is 12.1 Å². The van der Waals surface area contributed by atoms with Gasteiger partial charge in [0.15, 0.2) is 0 Å². The van der Waals surface area contributed by atoms with Crippen molar-refractivity contribution < 1.29 is 14.3 Å². The lowest BCUT2D eigenvalue weighted by Crippen LogP contribution is -2.02. The molecule has 2 rings (SSSR count). The molecule has 0 fully saturated rings. The Hall–Kier alpha value is -2.49. The highest BCUT2D eigenvalue weighted by molar-refractivity contribution is 5.89. The van der Waals surface area contributed by atoms with Crippen LogP contribution < -0.4 is 10.1 Å². The van der Waals surface area contributed by atoms with Gasteiger partial charge in [-0.3, -0.25) is 0 Å². The normalized spacial score (nSPS) is 9.90. The van der Waals surface area contributed by atoms with Gasteiger partial charge >= 0.3 is 5.97 Å². The number of nitrogens with one attached hydrogen (secondary N) is 1. The summed E-state index contributed by atoms with van der Waals surface area (Å²) >= 11 is 0. The zero-order valence-electron chi connectivity index (χ0n) is 11.6. The van der Waals surface area contributed by atoms with E-state index in [0.29, 0.717) is 12.2 Å². The molecule has 0 bridgehead atoms. The van der Waals surface area contributed by atoms with Crippen molar-refractivity contribution in [3.8, 4) is 5.75 Å². The van der Waals surface area contributed by atoms with E-state index < -0.39 is 0 Å². The number of ether oxygens (including phenoxy) is 2. The average Bonchev–Trinajstić information content (AvgIpc) is 2.53. The van der Waals surface area contributed by atoms with E-state index in [-0.39, 0.29) is 5.97 Å². The van der Waals surface area contributed by atoms with Crippen molar-refractivity contribution in [3.63, 3.8) is 0 Å². The van der Waals surface area contributed by atoms with E-state index in [9.17, 15) is 4.79 Å². The Morgan fingerprint density at radius 2 is 1.70 bits per heavy atom. The minimum Gasteiger partial charge on any atom is -0.489 e. The molecule has 0 aliphatic rings. The van der Waals surface area contributed by atoms with Crippen LogP contribution >= 0.6 is 0 Å². The third kappa shape index (κ3) is 3.51. The van der Waals surface area contributed by atoms with Crippen molar-refractivity contribution in [2.75, 3.05) is 19.5 Å². The molecule has 0 unspecified atom stereocenters. The summed E-state index contributed by atoms with van der Waals surface area (Å²) in [5, 5.41) is 3.05. The van der Waals surface area contributed by atoms with Crippen LogP contribution in [0.25, 0.3) is 0 Å². The van der Waals surface area contributed by atoms with Crippen molar-refractivity contribution in [2.45, 2.75) is 6.61 Å². The molecule has 0 heterocycles. The lowest BCUT2D eigenvalue weighted by Gasteiger charge is -2.08. The summed E-state index contributed by atoms with van der Waals surface area (Å²) in [6.45, 7) is 0.459. The summed E-state index contributed by atoms with van der Waals surface area (Å²) in [6, 6.07) is 14.9. The fourth-order valence-electron chi connectivity index (χ4n) is 1.74. The van der Waals surface area contributed by atoms with Crippen LogP contribution in [0, 0.1) is 0 Å². The molecule has 0 aliphatic carbocycles. The van der Waals surface area contributed by atoms with Gasteiger partial charge in [-0.05, 0) is 42.0 Å². The van der Waals surface area contributed by atoms with Crippen molar-refractivity contribution in [3.05, 3.63) is 59.7 Å². The molecule has 0 saturated carbocycles. The quantitative estimate of drug-likeness (QED) is 0.849. The van der Waals surface area contributed by atoms with Gasteiger partial charge in [-0.2, -0.15) is 0 Å². The monoisotopic (exact) mass is 271 g/mol. The van der Waals surface area contributed by atoms with Crippen LogP contribution in [0.4, 0.5) is 5.69 Å². The van der Waals surface area contributed by atoms with Gasteiger partial charge in [0, 0.05) is 12.7 Å². The third-order valence-electron chi connectivity index (χ3n) is 2.92. The zero-order valence-corrected chi connectivity index (χ0v) is 11.6. The maximum atomic E-state index is 11.3. The first-order chi connectivity index (χ1) is 9.72. The summed E-state index contributed by atoms with van der Waals surface area (Å²) in [5.41, 5.74) is 2.57. The molecule has 0 radical (unpaired) electrons. The standard InChI is InChI=1S/C16H17NO3/c1-17-14-7-9-15(10-8-14)20-11-12-3-5-13(6-4-12)16(18)19-2/h3-10,17H,11H2,1-2H3. The Morgan fingerprint density at radius 3 is 2.25 bits per heavy atom. The van der Waals surface area contributed by atoms with Crippen molar-refractivity contribution in [1.82, 2.24) is 0 Å². The molecule has 20 heavy (non-hydrogen) atoms. The highest BCUT2D eigenvalue weighted by Gasteiger charge is 2.04. The number of methoxy groups -OCH3 is 1. The predicted octanol–water partition coefficient (Wildman–Crippen LogP) is 3.09. The van der Waals surface area contributed by atoms with E-state index in [4.69, 9.17) is 4.74 Å². The first-order valence-corrected chi connectivity index (χ1v) is 6.31. The molecule has 0 spiro atoms. The number of carbonyl (C=O) groups excluding carboxylic acids is 1. The van der Waals surface area contributed by atoms with Gasteiger partial charge in [0.2, 0.25) is 0 Å². The van der Waals surface area contributed by atoms with E-state index in [1.165, 1.54) is 7.11 Å². The molecule has 0 aromatic heterocycles. The number of carbonyl (C=O) groups is 1. The second kappa shape index (κ2) is 6.61. The van der Waals surface area contributed by atoms with Crippen molar-refractivity contribution >= 4 is 11.7 Å². The molecule has 0 saturated heterocycles. The minimum atomic E-state index is -0.333. The molecule has 4 nitrogen and oxygen atoms in total. The number of hydrogen-bond acceptors (Lipinski definition) is 4. The van der Waals surface area contributed by atoms with Crippen LogP contribution in [0.1, 0.15) is 15.9 Å². The minimum absolute atomic E-state index is 0.333. The Balaban J connectivity index is 1.94. The first kappa shape index (κ1) is 13.9. The predicted molar refractivity (Wildman–Crippen MR) is 78.1 cm³/mol. The maximum Gasteiger partial charge on any atom is 0.337 e. The summed E-state index contributed by atoms with van der Waals surface area (Å²) in [4.78, 5) is 11.3. The van der Waals surface area contributed by atoms with E-state index >= 15 is 0 Å². The maximum absolute atomic E-state index is 11.3. The van der Waals surface area contributed by atoms with Crippen molar-refractivity contribution in [1.29, 1.82) is 0 Å². The van der Waals surface area contributed by atoms with Gasteiger partial charge in [0.05, 0.1) is 12.7 Å². The molecule has 4 heteroatoms. The largest absolute Gasteiger partial charge is 0.489 e. The highest BCUT2D eigenvalue weighted by atomic mass is 16.5. The van der Waals surface area contributed by atoms with Crippen LogP contribution in [0.15, 0.2) is 48.5 Å². The van der Waals surface area contributed by atoms with Crippen LogP contribution in [0.5, 0.6) is 5.75 Å². The van der Waals surface area contributed by atoms with E-state index in [2.05, 4.69) is 10.1 Å². The van der Waals surface area contributed by atoms with Gasteiger partial charge < -0.3 is 14.8 Å². The fraction of sp³-hybridized carbons (Fsp3) is 0.188. The molecule has 0 aliphatic heterocycles. The van der Waals surface area contributed by atoms with Crippen LogP contribution in [-0.2, 0) is 11.3 Å². The van der Waals surface area contributed by atoms with Gasteiger partial charge in [0.1, 0.15) is 12.4 Å². The number of hydrogen-bond donors (Lipinski definition) is 1. The molecular formula is C16H17NO3. The SMILES string of the molecule is CNc1ccc(OCc2ccc(C(=O)OC)cc2)cc1. The fourth-order valence-corrected chi connectivity index (χ4v) is 1.74. The second-order valence-electron chi connectivity index (χ2n) is 4.25. The summed E-state index contributed by atoms with van der Waals surface area (Å²) in [6.07, 6.45) is 0. The van der Waals surface area contributed by atoms with E-state index in [0.717, 1.165) is 17.0 Å². The second-order valence-corrected chi connectivity index (χ2v) is 4.25. The molecular weight excluding hydrogens is 254 g/mol. The van der Waals surface area contributed by atoms with Gasteiger partial charge in [-0.15, -0.1) is 0 Å². The third-order valence-corrected chi connectivity index (χ3v) is 2.92. The number of anilines is 1. The van der Waals surface area contributed by atoms with Crippen LogP contribution in [0.2, 0.25) is 0 Å². The molecule has 2 aromatic carbocycles. The molecule has 2 aromatic rings. The number of rotatable bonds is 5. The summed E-state index contributed by atoms with van der Waals surface area (Å²) < 4.78 is 10.3. The summed E-state index contributed by atoms with van der Waals surface area (Å²) in [5.74, 6) is 0.473. The van der Waals surface area contributed by atoms with E-state index in [1.807, 2.05) is 43.4 Å². The number of benzene rings is 2. The van der Waals surface area contributed by atoms with Crippen LogP contribution in [-0.4, -0.2) is 20.1 Å². The Bertz CT molecular complexity index is 561. The zero-order chi connectivity index (χ0) is 14.4. The molecule has 1 N–H and O–H groups in total. The Kier molecular flexibility index (Phi) is 4.60. The van der Waals surface area contributed by atoms with Gasteiger partial charge in [0.25, 0.3) is 0 Å². The summed E-state index contributed by atoms with van der Waals surface area (Å²) in [7, 11) is 3.24. The van der Waals surface area contributed by atoms with Crippen molar-refractivity contribution in [2.24, 2.45) is 0 Å². The molecule has 0 amide bonds. The smallest absolute Gasteiger partial charge is 0.337 e. The number of esters is 1. The average molecular weight is 271 g/mol. The Labute approximate surface area is 118 Å².